The Morgan fingerprint density at radius 3 is 0.984 bits per heavy atom. The zero-order valence-corrected chi connectivity index (χ0v) is 67.9. The molecule has 0 amide bonds. The van der Waals surface area contributed by atoms with E-state index in [9.17, 15) is 0 Å². The van der Waals surface area contributed by atoms with Gasteiger partial charge >= 0.3 is 0 Å². The Balaban J connectivity index is 0.000000101. The van der Waals surface area contributed by atoms with Gasteiger partial charge in [-0.2, -0.15) is 0 Å². The standard InChI is InChI=1S/C40H26N6.C34H21N5O.C34H21N5S/c1-2-12-28(13-3-1)45-33-16-8-6-14-29(33)31-23-27(18-19-35(31)45)37-38-39(42-21-20-41-38)40(44-43-37)46-34-17-9-7-15-30(34)32-22-25-10-4-5-11-26(25)24-36(32)46;2*1-2-8-21-19-28-25(17-20(21)7-1)23-9-3-5-11-27(23)39(28)34-33-32(35-15-16-36-33)31(37-38-34)22-13-14-30-26(18-22)24-10-4-6-12-29(24)40-30/h1-24,43-44H;2*1-19,37-38H. The van der Waals surface area contributed by atoms with Crippen LogP contribution in [-0.2, 0) is 0 Å². The predicted molar refractivity (Wildman–Crippen MR) is 511 cm³/mol. The SMILES string of the molecule is c1ccc(-n2c3ccccc3c3cc(C4=c5nccnc5=C(n5c6ccccc6c6cc7ccccc7cc65)NN4)ccc32)cc1.c1ccc2cc3c(cc2c1)c1ccccc1n3C1=c2nccnc2=C(c2ccc3oc4ccccc4c3c2)NN1.c1ccc2cc3c(cc2c1)c1ccccc1n3C1=c2nccnc2=C(c2ccc3sc4ccccc4c3c2)NN1. The number of para-hydroxylation sites is 6. The van der Waals surface area contributed by atoms with Crippen LogP contribution in [-0.4, -0.2) is 48.2 Å². The second-order valence-electron chi connectivity index (χ2n) is 31.9. The van der Waals surface area contributed by atoms with E-state index in [1.807, 2.05) is 35.6 Å². The van der Waals surface area contributed by atoms with E-state index in [1.165, 1.54) is 101 Å². The number of thiophene rings is 1. The summed E-state index contributed by atoms with van der Waals surface area (Å²) in [4.78, 5) is 29.2. The number of aromatic nitrogens is 10. The minimum Gasteiger partial charge on any atom is -0.456 e. The molecule has 9 aromatic heterocycles. The van der Waals surface area contributed by atoms with Gasteiger partial charge in [0.1, 0.15) is 43.3 Å². The van der Waals surface area contributed by atoms with Crippen LogP contribution < -0.4 is 64.6 Å². The van der Waals surface area contributed by atoms with Gasteiger partial charge in [0.05, 0.1) is 61.2 Å². The van der Waals surface area contributed by atoms with Crippen LogP contribution in [0.25, 0.3) is 202 Å². The summed E-state index contributed by atoms with van der Waals surface area (Å²) in [6.45, 7) is 0. The molecule has 3 aliphatic rings. The van der Waals surface area contributed by atoms with Crippen LogP contribution in [0.2, 0.25) is 0 Å². The zero-order chi connectivity index (χ0) is 82.6. The van der Waals surface area contributed by atoms with Gasteiger partial charge in [-0.1, -0.05) is 212 Å². The lowest BCUT2D eigenvalue weighted by Gasteiger charge is -2.22. The predicted octanol–water partition coefficient (Wildman–Crippen LogP) is 18.2. The van der Waals surface area contributed by atoms with Gasteiger partial charge in [0, 0.05) is 134 Å². The van der Waals surface area contributed by atoms with E-state index in [2.05, 4.69) is 366 Å². The van der Waals surface area contributed by atoms with Crippen molar-refractivity contribution in [1.82, 2.24) is 80.7 Å². The Bertz CT molecular complexity index is 9080. The summed E-state index contributed by atoms with van der Waals surface area (Å²) in [5.41, 5.74) is 38.8. The Labute approximate surface area is 719 Å². The first kappa shape index (κ1) is 70.6. The number of nitrogens with zero attached hydrogens (tertiary/aromatic N) is 10. The van der Waals surface area contributed by atoms with Crippen LogP contribution in [0, 0.1) is 0 Å². The third kappa shape index (κ3) is 11.1. The number of furan rings is 1. The average Bonchev–Trinajstić information content (AvgIpc) is 1.58. The van der Waals surface area contributed by atoms with E-state index in [4.69, 9.17) is 34.3 Å². The van der Waals surface area contributed by atoms with Crippen molar-refractivity contribution in [2.24, 2.45) is 0 Å². The Kier molecular flexibility index (Phi) is 15.8. The van der Waals surface area contributed by atoms with Gasteiger partial charge in [0.25, 0.3) is 0 Å². The summed E-state index contributed by atoms with van der Waals surface area (Å²) in [7, 11) is 0. The third-order valence-corrected chi connectivity index (χ3v) is 26.1. The van der Waals surface area contributed by atoms with E-state index >= 15 is 0 Å². The number of rotatable bonds is 7. The zero-order valence-electron chi connectivity index (χ0n) is 67.1. The molecule has 0 unspecified atom stereocenters. The fourth-order valence-corrected chi connectivity index (χ4v) is 20.4. The number of hydrogen-bond donors (Lipinski definition) is 6. The first-order valence-electron chi connectivity index (χ1n) is 41.9. The normalized spacial score (nSPS) is 13.2. The third-order valence-electron chi connectivity index (χ3n) is 25.0. The minimum atomic E-state index is 0.782. The lowest BCUT2D eigenvalue weighted by atomic mass is 10.1. The maximum atomic E-state index is 6.06. The average molecular weight is 1640 g/mol. The van der Waals surface area contributed by atoms with Gasteiger partial charge in [-0.05, 0) is 160 Å². The molecule has 0 spiro atoms. The van der Waals surface area contributed by atoms with Crippen molar-refractivity contribution >= 4 is 208 Å². The van der Waals surface area contributed by atoms with Crippen molar-refractivity contribution in [1.29, 1.82) is 0 Å². The van der Waals surface area contributed by atoms with Crippen molar-refractivity contribution in [3.8, 4) is 5.69 Å². The number of hydrazine groups is 3. The Hall–Kier alpha value is -17.2. The summed E-state index contributed by atoms with van der Waals surface area (Å²) >= 11 is 1.82. The van der Waals surface area contributed by atoms with Crippen LogP contribution >= 0.6 is 11.3 Å². The number of fused-ring (bicyclic) bond motifs is 24. The Morgan fingerprint density at radius 1 is 0.206 bits per heavy atom. The minimum absolute atomic E-state index is 0.782. The molecule has 0 aliphatic carbocycles. The first-order chi connectivity index (χ1) is 62.5. The topological polar surface area (TPSA) is 182 Å². The Morgan fingerprint density at radius 2 is 0.524 bits per heavy atom. The van der Waals surface area contributed by atoms with Gasteiger partial charge in [-0.15, -0.1) is 11.3 Å². The maximum absolute atomic E-state index is 6.06. The summed E-state index contributed by atoms with van der Waals surface area (Å²) < 4.78 is 17.8. The largest absolute Gasteiger partial charge is 0.456 e. The van der Waals surface area contributed by atoms with Gasteiger partial charge in [-0.25, -0.2) is 15.0 Å². The van der Waals surface area contributed by atoms with E-state index in [0.717, 1.165) is 150 Å². The molecule has 126 heavy (non-hydrogen) atoms. The van der Waals surface area contributed by atoms with Crippen LogP contribution in [0.1, 0.15) is 16.7 Å². The molecule has 0 saturated heterocycles. The summed E-state index contributed by atoms with van der Waals surface area (Å²) in [6.07, 6.45) is 10.6. The second-order valence-corrected chi connectivity index (χ2v) is 33.0. The monoisotopic (exact) mass is 1640 g/mol. The highest BCUT2D eigenvalue weighted by Crippen LogP contribution is 2.41. The van der Waals surface area contributed by atoms with E-state index in [-0.39, 0.29) is 0 Å². The quantitative estimate of drug-likeness (QED) is 0.0888. The summed E-state index contributed by atoms with van der Waals surface area (Å²) in [6, 6.07) is 120. The van der Waals surface area contributed by atoms with Crippen molar-refractivity contribution in [2.75, 3.05) is 0 Å². The number of nitrogens with one attached hydrogen (secondary N) is 6. The lowest BCUT2D eigenvalue weighted by Crippen LogP contribution is -2.51. The molecule has 592 valence electrons. The van der Waals surface area contributed by atoms with Crippen molar-refractivity contribution in [2.45, 2.75) is 0 Å². The van der Waals surface area contributed by atoms with E-state index in [1.54, 1.807) is 37.2 Å². The molecule has 6 N–H and O–H groups in total. The molecular weight excluding hydrogens is 1570 g/mol. The van der Waals surface area contributed by atoms with Crippen LogP contribution in [0.3, 0.4) is 0 Å². The highest BCUT2D eigenvalue weighted by molar-refractivity contribution is 7.25. The highest BCUT2D eigenvalue weighted by atomic mass is 32.1. The fourth-order valence-electron chi connectivity index (χ4n) is 19.4. The van der Waals surface area contributed by atoms with Crippen molar-refractivity contribution in [3.63, 3.8) is 0 Å². The van der Waals surface area contributed by atoms with E-state index < -0.39 is 0 Å². The van der Waals surface area contributed by atoms with Crippen LogP contribution in [0.5, 0.6) is 0 Å². The van der Waals surface area contributed by atoms with Crippen LogP contribution in [0.4, 0.5) is 0 Å². The first-order valence-corrected chi connectivity index (χ1v) is 42.7. The van der Waals surface area contributed by atoms with Crippen molar-refractivity contribution in [3.05, 3.63) is 426 Å². The molecule has 16 aromatic carbocycles. The molecule has 28 rings (SSSR count). The van der Waals surface area contributed by atoms with Gasteiger partial charge in [0.2, 0.25) is 0 Å². The second kappa shape index (κ2) is 28.2. The molecule has 0 radical (unpaired) electrons. The fraction of sp³-hybridized carbons (Fsp3) is 0. The molecule has 25 aromatic rings. The molecule has 18 heteroatoms. The molecule has 0 fully saturated rings. The molecule has 17 nitrogen and oxygen atoms in total. The molecule has 3 aliphatic heterocycles. The molecule has 0 saturated carbocycles. The number of benzene rings is 16. The lowest BCUT2D eigenvalue weighted by molar-refractivity contribution is 0.669. The smallest absolute Gasteiger partial charge is 0.158 e. The van der Waals surface area contributed by atoms with E-state index in [0.29, 0.717) is 0 Å². The van der Waals surface area contributed by atoms with Gasteiger partial charge in [-0.3, -0.25) is 61.2 Å². The molecule has 12 heterocycles. The molecule has 0 bridgehead atoms. The van der Waals surface area contributed by atoms with Crippen LogP contribution in [0.15, 0.2) is 381 Å². The molecular formula is C108H68N16OS. The summed E-state index contributed by atoms with van der Waals surface area (Å²) in [5, 5.41) is 26.3. The van der Waals surface area contributed by atoms with Crippen molar-refractivity contribution < 1.29 is 4.42 Å². The number of hydrogen-bond acceptors (Lipinski definition) is 14. The van der Waals surface area contributed by atoms with Gasteiger partial charge in [0.15, 0.2) is 17.5 Å². The maximum Gasteiger partial charge on any atom is 0.158 e. The highest BCUT2D eigenvalue weighted by Gasteiger charge is 2.27. The summed E-state index contributed by atoms with van der Waals surface area (Å²) in [5.74, 6) is 2.54. The molecule has 0 atom stereocenters. The van der Waals surface area contributed by atoms with Gasteiger partial charge < -0.3 is 8.98 Å².